The van der Waals surface area contributed by atoms with Gasteiger partial charge in [0.15, 0.2) is 11.4 Å². The van der Waals surface area contributed by atoms with Crippen LogP contribution in [0.4, 0.5) is 5.69 Å². The van der Waals surface area contributed by atoms with Crippen LogP contribution in [-0.4, -0.2) is 18.0 Å². The summed E-state index contributed by atoms with van der Waals surface area (Å²) in [6.07, 6.45) is 0. The van der Waals surface area contributed by atoms with E-state index in [2.05, 4.69) is 10.3 Å². The van der Waals surface area contributed by atoms with Gasteiger partial charge in [-0.1, -0.05) is 24.3 Å². The molecular formula is C17H14N2O3. The Hall–Kier alpha value is -3.08. The van der Waals surface area contributed by atoms with Crippen LogP contribution in [0.3, 0.4) is 0 Å². The molecule has 3 rings (SSSR count). The number of nitrogens with one attached hydrogen (secondary N) is 1. The first-order valence-electron chi connectivity index (χ1n) is 6.79. The van der Waals surface area contributed by atoms with E-state index in [4.69, 9.17) is 9.78 Å². The van der Waals surface area contributed by atoms with Gasteiger partial charge >= 0.3 is 5.97 Å². The summed E-state index contributed by atoms with van der Waals surface area (Å²) in [7, 11) is 1.82. The quantitative estimate of drug-likeness (QED) is 0.590. The van der Waals surface area contributed by atoms with E-state index in [0.29, 0.717) is 5.75 Å². The highest BCUT2D eigenvalue weighted by molar-refractivity contribution is 5.90. The molecule has 2 aromatic carbocycles. The number of carbonyl (C=O) groups excluding carboxylic acids is 1. The molecule has 0 radical (unpaired) electrons. The summed E-state index contributed by atoms with van der Waals surface area (Å²) in [5.74, 6) is -0.198. The van der Waals surface area contributed by atoms with Gasteiger partial charge in [0.2, 0.25) is 0 Å². The zero-order valence-corrected chi connectivity index (χ0v) is 11.9. The topological polar surface area (TPSA) is 60.5 Å². The van der Waals surface area contributed by atoms with Gasteiger partial charge in [-0.05, 0) is 36.4 Å². The third-order valence-corrected chi connectivity index (χ3v) is 3.16. The second kappa shape index (κ2) is 6.13. The second-order valence-corrected chi connectivity index (χ2v) is 4.62. The average Bonchev–Trinajstić information content (AvgIpc) is 2.59. The lowest BCUT2D eigenvalue weighted by molar-refractivity contribution is -0.149. The lowest BCUT2D eigenvalue weighted by atomic mass is 10.2. The molecule has 0 fully saturated rings. The summed E-state index contributed by atoms with van der Waals surface area (Å²) in [6, 6.07) is 18.0. The lowest BCUT2D eigenvalue weighted by Crippen LogP contribution is -2.10. The van der Waals surface area contributed by atoms with E-state index in [1.54, 1.807) is 18.2 Å². The van der Waals surface area contributed by atoms with Crippen molar-refractivity contribution >= 4 is 22.6 Å². The summed E-state index contributed by atoms with van der Waals surface area (Å²) in [4.78, 5) is 26.0. The van der Waals surface area contributed by atoms with Crippen LogP contribution in [0.5, 0.6) is 5.75 Å². The number of rotatable bonds is 4. The van der Waals surface area contributed by atoms with Crippen LogP contribution < -0.4 is 10.2 Å². The molecule has 5 nitrogen and oxygen atoms in total. The number of carbonyl (C=O) groups is 1. The van der Waals surface area contributed by atoms with Crippen molar-refractivity contribution in [1.82, 2.24) is 4.98 Å². The van der Waals surface area contributed by atoms with E-state index >= 15 is 0 Å². The fourth-order valence-electron chi connectivity index (χ4n) is 1.99. The summed E-state index contributed by atoms with van der Waals surface area (Å²) < 4.78 is 0. The van der Waals surface area contributed by atoms with E-state index in [0.717, 1.165) is 16.6 Å². The first-order valence-corrected chi connectivity index (χ1v) is 6.79. The maximum atomic E-state index is 12.0. The van der Waals surface area contributed by atoms with E-state index in [1.807, 2.05) is 49.5 Å². The SMILES string of the molecule is CNc1ccc(OOC(=O)c2ccc3ccccc3n2)cc1. The van der Waals surface area contributed by atoms with Crippen molar-refractivity contribution in [3.05, 3.63) is 66.4 Å². The molecule has 22 heavy (non-hydrogen) atoms. The van der Waals surface area contributed by atoms with E-state index in [-0.39, 0.29) is 5.69 Å². The minimum atomic E-state index is -0.636. The Morgan fingerprint density at radius 1 is 1.00 bits per heavy atom. The first-order chi connectivity index (χ1) is 10.8. The summed E-state index contributed by atoms with van der Waals surface area (Å²) in [5, 5.41) is 3.95. The Morgan fingerprint density at radius 3 is 2.55 bits per heavy atom. The van der Waals surface area contributed by atoms with Gasteiger partial charge in [-0.3, -0.25) is 4.89 Å². The maximum Gasteiger partial charge on any atom is 0.404 e. The van der Waals surface area contributed by atoms with Crippen molar-refractivity contribution in [2.24, 2.45) is 0 Å². The van der Waals surface area contributed by atoms with Crippen molar-refractivity contribution < 1.29 is 14.6 Å². The molecule has 110 valence electrons. The minimum absolute atomic E-state index is 0.200. The third kappa shape index (κ3) is 2.98. The van der Waals surface area contributed by atoms with Gasteiger partial charge in [-0.15, -0.1) is 0 Å². The molecule has 0 unspecified atom stereocenters. The van der Waals surface area contributed by atoms with Crippen molar-refractivity contribution in [3.63, 3.8) is 0 Å². The van der Waals surface area contributed by atoms with Gasteiger partial charge in [0.05, 0.1) is 5.52 Å². The fraction of sp³-hybridized carbons (Fsp3) is 0.0588. The average molecular weight is 294 g/mol. The number of aromatic nitrogens is 1. The third-order valence-electron chi connectivity index (χ3n) is 3.16. The highest BCUT2D eigenvalue weighted by Gasteiger charge is 2.11. The zero-order valence-electron chi connectivity index (χ0n) is 11.9. The van der Waals surface area contributed by atoms with Gasteiger partial charge < -0.3 is 5.32 Å². The maximum absolute atomic E-state index is 12.0. The van der Waals surface area contributed by atoms with Crippen LogP contribution in [0.1, 0.15) is 10.5 Å². The van der Waals surface area contributed by atoms with Crippen LogP contribution in [0.2, 0.25) is 0 Å². The standard InChI is InChI=1S/C17H14N2O3/c1-18-13-7-9-14(10-8-13)21-22-17(20)16-11-6-12-4-2-3-5-15(12)19-16/h2-11,18H,1H3. The normalized spacial score (nSPS) is 10.2. The number of benzene rings is 2. The molecule has 0 aliphatic rings. The number of anilines is 1. The fourth-order valence-corrected chi connectivity index (χ4v) is 1.99. The molecule has 0 spiro atoms. The van der Waals surface area contributed by atoms with Crippen molar-refractivity contribution in [2.45, 2.75) is 0 Å². The summed E-state index contributed by atoms with van der Waals surface area (Å²) in [5.41, 5.74) is 1.87. The Balaban J connectivity index is 1.69. The lowest BCUT2D eigenvalue weighted by Gasteiger charge is -2.05. The molecule has 0 saturated carbocycles. The molecule has 1 heterocycles. The number of fused-ring (bicyclic) bond motifs is 1. The van der Waals surface area contributed by atoms with E-state index in [1.165, 1.54) is 0 Å². The molecule has 0 aliphatic carbocycles. The predicted molar refractivity (Wildman–Crippen MR) is 83.8 cm³/mol. The largest absolute Gasteiger partial charge is 0.404 e. The van der Waals surface area contributed by atoms with Crippen LogP contribution in [0.15, 0.2) is 60.7 Å². The van der Waals surface area contributed by atoms with Crippen molar-refractivity contribution in [3.8, 4) is 5.75 Å². The van der Waals surface area contributed by atoms with E-state index < -0.39 is 5.97 Å². The van der Waals surface area contributed by atoms with Gasteiger partial charge in [0.1, 0.15) is 0 Å². The van der Waals surface area contributed by atoms with Gasteiger partial charge in [0.25, 0.3) is 0 Å². The Bertz CT molecular complexity index is 800. The Morgan fingerprint density at radius 2 is 1.77 bits per heavy atom. The number of hydrogen-bond acceptors (Lipinski definition) is 5. The van der Waals surface area contributed by atoms with Crippen molar-refractivity contribution in [1.29, 1.82) is 0 Å². The summed E-state index contributed by atoms with van der Waals surface area (Å²) >= 11 is 0. The molecule has 3 aromatic rings. The molecule has 0 saturated heterocycles. The molecule has 1 aromatic heterocycles. The molecule has 1 N–H and O–H groups in total. The van der Waals surface area contributed by atoms with Crippen LogP contribution in [-0.2, 0) is 4.89 Å². The van der Waals surface area contributed by atoms with Gasteiger partial charge in [-0.25, -0.2) is 14.7 Å². The Kier molecular flexibility index (Phi) is 3.87. The molecular weight excluding hydrogens is 280 g/mol. The number of hydrogen-bond donors (Lipinski definition) is 1. The van der Waals surface area contributed by atoms with Crippen molar-refractivity contribution in [2.75, 3.05) is 12.4 Å². The molecule has 0 aliphatic heterocycles. The highest BCUT2D eigenvalue weighted by atomic mass is 17.2. The number of pyridine rings is 1. The minimum Gasteiger partial charge on any atom is -0.388 e. The molecule has 0 amide bonds. The molecule has 0 atom stereocenters. The van der Waals surface area contributed by atoms with Gasteiger partial charge in [0, 0.05) is 18.1 Å². The molecule has 0 bridgehead atoms. The monoisotopic (exact) mass is 294 g/mol. The molecule has 5 heteroatoms. The van der Waals surface area contributed by atoms with E-state index in [9.17, 15) is 4.79 Å². The number of para-hydroxylation sites is 1. The van der Waals surface area contributed by atoms with Crippen LogP contribution in [0.25, 0.3) is 10.9 Å². The van der Waals surface area contributed by atoms with Gasteiger partial charge in [-0.2, -0.15) is 0 Å². The smallest absolute Gasteiger partial charge is 0.388 e. The number of nitrogens with zero attached hydrogens (tertiary/aromatic N) is 1. The highest BCUT2D eigenvalue weighted by Crippen LogP contribution is 2.16. The Labute approximate surface area is 127 Å². The predicted octanol–water partition coefficient (Wildman–Crippen LogP) is 3.43. The van der Waals surface area contributed by atoms with Crippen LogP contribution >= 0.6 is 0 Å². The zero-order chi connectivity index (χ0) is 15.4. The summed E-state index contributed by atoms with van der Waals surface area (Å²) in [6.45, 7) is 0. The second-order valence-electron chi connectivity index (χ2n) is 4.62. The van der Waals surface area contributed by atoms with Crippen LogP contribution in [0, 0.1) is 0 Å². The first kappa shape index (κ1) is 13.9.